The predicted molar refractivity (Wildman–Crippen MR) is 112 cm³/mol. The van der Waals surface area contributed by atoms with Crippen molar-refractivity contribution in [2.24, 2.45) is 0 Å². The van der Waals surface area contributed by atoms with E-state index in [1.165, 1.54) is 11.8 Å². The second kappa shape index (κ2) is 7.51. The van der Waals surface area contributed by atoms with E-state index in [2.05, 4.69) is 0 Å². The third kappa shape index (κ3) is 3.72. The van der Waals surface area contributed by atoms with Crippen molar-refractivity contribution >= 4 is 33.2 Å². The van der Waals surface area contributed by atoms with E-state index in [9.17, 15) is 23.1 Å². The summed E-state index contributed by atoms with van der Waals surface area (Å²) in [6.07, 6.45) is -1.09. The molecule has 154 valence electrons. The molecule has 1 aliphatic heterocycles. The summed E-state index contributed by atoms with van der Waals surface area (Å²) in [7, 11) is -3.36. The van der Waals surface area contributed by atoms with Crippen molar-refractivity contribution in [1.82, 2.24) is 0 Å². The number of fused-ring (bicyclic) bond motifs is 1. The Morgan fingerprint density at radius 1 is 1.03 bits per heavy atom. The molecule has 1 atom stereocenters. The van der Waals surface area contributed by atoms with Crippen LogP contribution in [-0.4, -0.2) is 43.4 Å². The number of carbonyl (C=O) groups excluding carboxylic acids is 1. The van der Waals surface area contributed by atoms with Crippen molar-refractivity contribution in [2.45, 2.75) is 43.9 Å². The highest BCUT2D eigenvalue weighted by molar-refractivity contribution is 7.92. The van der Waals surface area contributed by atoms with Gasteiger partial charge in [0.2, 0.25) is 5.91 Å². The molecular formula is C21H24N2O5S. The predicted octanol–water partition coefficient (Wildman–Crippen LogP) is 3.78. The lowest BCUT2D eigenvalue weighted by atomic mass is 10.0. The van der Waals surface area contributed by atoms with Crippen LogP contribution in [0, 0.1) is 0 Å². The largest absolute Gasteiger partial charge is 0.465 e. The molecule has 1 aliphatic rings. The van der Waals surface area contributed by atoms with Gasteiger partial charge < -0.3 is 10.0 Å². The summed E-state index contributed by atoms with van der Waals surface area (Å²) in [4.78, 5) is 26.9. The Bertz CT molecular complexity index is 1060. The van der Waals surface area contributed by atoms with Crippen LogP contribution in [0.5, 0.6) is 0 Å². The van der Waals surface area contributed by atoms with E-state index in [4.69, 9.17) is 0 Å². The lowest BCUT2D eigenvalue weighted by Crippen LogP contribution is -2.51. The maximum atomic E-state index is 12.3. The fourth-order valence-corrected chi connectivity index (χ4v) is 4.63. The van der Waals surface area contributed by atoms with E-state index in [1.807, 2.05) is 6.92 Å². The summed E-state index contributed by atoms with van der Waals surface area (Å²) >= 11 is 0. The molecule has 2 aromatic rings. The zero-order chi connectivity index (χ0) is 21.5. The highest BCUT2D eigenvalue weighted by Crippen LogP contribution is 2.39. The molecule has 3 rings (SSSR count). The van der Waals surface area contributed by atoms with Crippen LogP contribution >= 0.6 is 0 Å². The van der Waals surface area contributed by atoms with Crippen LogP contribution in [0.1, 0.15) is 27.7 Å². The van der Waals surface area contributed by atoms with Crippen molar-refractivity contribution < 1.29 is 23.1 Å². The minimum atomic E-state index is -3.36. The SMILES string of the molecule is CC(=O)N1c2ccc(-c3ccc(S(=O)(=O)C(C)C)cc3)cc2N(C(=O)O)C[C@@H]1C. The fraction of sp³-hybridized carbons (Fsp3) is 0.333. The van der Waals surface area contributed by atoms with Gasteiger partial charge in [0.15, 0.2) is 9.84 Å². The van der Waals surface area contributed by atoms with Crippen LogP contribution in [0.2, 0.25) is 0 Å². The molecule has 0 spiro atoms. The molecular weight excluding hydrogens is 392 g/mol. The van der Waals surface area contributed by atoms with Crippen LogP contribution in [0.15, 0.2) is 47.4 Å². The molecule has 1 heterocycles. The first-order chi connectivity index (χ1) is 13.5. The Balaban J connectivity index is 2.06. The molecule has 2 aromatic carbocycles. The first-order valence-electron chi connectivity index (χ1n) is 9.32. The number of rotatable bonds is 3. The van der Waals surface area contributed by atoms with Gasteiger partial charge in [0.05, 0.1) is 27.6 Å². The van der Waals surface area contributed by atoms with E-state index in [0.717, 1.165) is 11.1 Å². The van der Waals surface area contributed by atoms with Crippen molar-refractivity contribution in [2.75, 3.05) is 16.3 Å². The number of sulfone groups is 1. The summed E-state index contributed by atoms with van der Waals surface area (Å²) in [6.45, 7) is 6.71. The number of carbonyl (C=O) groups is 2. The lowest BCUT2D eigenvalue weighted by molar-refractivity contribution is -0.117. The standard InChI is InChI=1S/C21H24N2O5S/c1-13(2)29(27,28)18-8-5-16(6-9-18)17-7-10-19-20(11-17)22(21(25)26)12-14(3)23(19)15(4)24/h5-11,13-14H,12H2,1-4H3,(H,25,26)/t14-/m0/s1. The minimum Gasteiger partial charge on any atom is -0.465 e. The average Bonchev–Trinajstić information content (AvgIpc) is 2.66. The molecule has 0 saturated carbocycles. The van der Waals surface area contributed by atoms with Crippen LogP contribution < -0.4 is 9.80 Å². The molecule has 1 N–H and O–H groups in total. The third-order valence-corrected chi connectivity index (χ3v) is 7.29. The summed E-state index contributed by atoms with van der Waals surface area (Å²) in [6, 6.07) is 11.5. The van der Waals surface area contributed by atoms with Gasteiger partial charge in [0.1, 0.15) is 0 Å². The second-order valence-electron chi connectivity index (χ2n) is 7.45. The third-order valence-electron chi connectivity index (χ3n) is 5.12. The maximum absolute atomic E-state index is 12.3. The maximum Gasteiger partial charge on any atom is 0.411 e. The van der Waals surface area contributed by atoms with Crippen LogP contribution in [0.4, 0.5) is 16.2 Å². The number of nitrogens with zero attached hydrogens (tertiary/aromatic N) is 2. The Labute approximate surface area is 170 Å². The zero-order valence-corrected chi connectivity index (χ0v) is 17.6. The van der Waals surface area contributed by atoms with Gasteiger partial charge in [-0.1, -0.05) is 18.2 Å². The van der Waals surface area contributed by atoms with Gasteiger partial charge in [0, 0.05) is 13.5 Å². The number of anilines is 2. The normalized spacial score (nSPS) is 16.7. The Hall–Kier alpha value is -2.87. The van der Waals surface area contributed by atoms with Crippen LogP contribution in [0.25, 0.3) is 11.1 Å². The van der Waals surface area contributed by atoms with E-state index in [0.29, 0.717) is 11.4 Å². The van der Waals surface area contributed by atoms with E-state index < -0.39 is 21.2 Å². The van der Waals surface area contributed by atoms with Crippen LogP contribution in [0.3, 0.4) is 0 Å². The molecule has 0 aromatic heterocycles. The second-order valence-corrected chi connectivity index (χ2v) is 9.96. The average molecular weight is 416 g/mol. The molecule has 29 heavy (non-hydrogen) atoms. The van der Waals surface area contributed by atoms with Crippen molar-refractivity contribution in [1.29, 1.82) is 0 Å². The van der Waals surface area contributed by atoms with Gasteiger partial charge in [-0.2, -0.15) is 0 Å². The van der Waals surface area contributed by atoms with Gasteiger partial charge in [-0.15, -0.1) is 0 Å². The number of amides is 2. The summed E-state index contributed by atoms with van der Waals surface area (Å²) < 4.78 is 24.6. The Kier molecular flexibility index (Phi) is 5.40. The first kappa shape index (κ1) is 20.9. The summed E-state index contributed by atoms with van der Waals surface area (Å²) in [5, 5.41) is 9.11. The summed E-state index contributed by atoms with van der Waals surface area (Å²) in [5.74, 6) is -0.153. The monoisotopic (exact) mass is 416 g/mol. The molecule has 7 nitrogen and oxygen atoms in total. The van der Waals surface area contributed by atoms with Gasteiger partial charge in [-0.05, 0) is 56.2 Å². The minimum absolute atomic E-state index is 0.153. The highest BCUT2D eigenvalue weighted by atomic mass is 32.2. The Morgan fingerprint density at radius 3 is 2.14 bits per heavy atom. The molecule has 0 fully saturated rings. The van der Waals surface area contributed by atoms with E-state index in [1.54, 1.807) is 61.2 Å². The van der Waals surface area contributed by atoms with E-state index in [-0.39, 0.29) is 23.4 Å². The molecule has 0 radical (unpaired) electrons. The molecule has 0 unspecified atom stereocenters. The Morgan fingerprint density at radius 2 is 1.62 bits per heavy atom. The summed E-state index contributed by atoms with van der Waals surface area (Å²) in [5.41, 5.74) is 2.47. The highest BCUT2D eigenvalue weighted by Gasteiger charge is 2.33. The van der Waals surface area contributed by atoms with E-state index >= 15 is 0 Å². The molecule has 8 heteroatoms. The van der Waals surface area contributed by atoms with Crippen molar-refractivity contribution in [3.8, 4) is 11.1 Å². The zero-order valence-electron chi connectivity index (χ0n) is 16.8. The van der Waals surface area contributed by atoms with Crippen LogP contribution in [-0.2, 0) is 14.6 Å². The lowest BCUT2D eigenvalue weighted by Gasteiger charge is -2.39. The number of carboxylic acid groups (broad SMARTS) is 1. The molecule has 0 bridgehead atoms. The molecule has 0 saturated heterocycles. The number of hydrogen-bond acceptors (Lipinski definition) is 4. The smallest absolute Gasteiger partial charge is 0.411 e. The molecule has 0 aliphatic carbocycles. The topological polar surface area (TPSA) is 95.0 Å². The van der Waals surface area contributed by atoms with Crippen molar-refractivity contribution in [3.63, 3.8) is 0 Å². The van der Waals surface area contributed by atoms with Gasteiger partial charge >= 0.3 is 6.09 Å². The van der Waals surface area contributed by atoms with Crippen molar-refractivity contribution in [3.05, 3.63) is 42.5 Å². The number of hydrogen-bond donors (Lipinski definition) is 1. The molecule has 2 amide bonds. The van der Waals surface area contributed by atoms with Gasteiger partial charge in [0.25, 0.3) is 0 Å². The number of benzene rings is 2. The quantitative estimate of drug-likeness (QED) is 0.822. The fourth-order valence-electron chi connectivity index (χ4n) is 3.57. The van der Waals surface area contributed by atoms with Gasteiger partial charge in [-0.3, -0.25) is 9.69 Å². The van der Waals surface area contributed by atoms with Gasteiger partial charge in [-0.25, -0.2) is 13.2 Å². The first-order valence-corrected chi connectivity index (χ1v) is 10.9.